The molecule has 4 unspecified atom stereocenters. The second kappa shape index (κ2) is 62.6. The molecular formula is C73H142O17P2. The van der Waals surface area contributed by atoms with Crippen LogP contribution in [0.4, 0.5) is 0 Å². The zero-order valence-electron chi connectivity index (χ0n) is 60.2. The molecule has 0 spiro atoms. The quantitative estimate of drug-likeness (QED) is 0.0222. The van der Waals surface area contributed by atoms with E-state index in [1.54, 1.807) is 0 Å². The standard InChI is InChI=1S/C73H142O17P2/c1-9-66(8)52-44-36-30-32-38-46-54-71(76)84-60-69(90-73(78)56-48-40-28-24-20-16-18-22-26-34-42-50-64(4)5)62-88-92(81,82)86-58-67(74)57-85-91(79,80)87-61-68(59-83-70(75)53-45-37-31-29-35-43-51-65(6)7)89-72(77)55-47-39-27-23-19-15-13-11-10-12-14-17-21-25-33-41-49-63(2)3/h63-69,74H,9-62H2,1-8H3,(H,79,80)(H,81,82)/t66?,67?,68-,69-/m1/s1. The molecule has 0 saturated carbocycles. The van der Waals surface area contributed by atoms with Gasteiger partial charge in [0.2, 0.25) is 0 Å². The van der Waals surface area contributed by atoms with E-state index < -0.39 is 97.5 Å². The van der Waals surface area contributed by atoms with Gasteiger partial charge in [-0.25, -0.2) is 9.13 Å². The van der Waals surface area contributed by atoms with Crippen LogP contribution in [0, 0.1) is 23.7 Å². The van der Waals surface area contributed by atoms with Crippen LogP contribution < -0.4 is 0 Å². The third kappa shape index (κ3) is 65.4. The van der Waals surface area contributed by atoms with Gasteiger partial charge in [0, 0.05) is 25.7 Å². The molecule has 0 aliphatic rings. The van der Waals surface area contributed by atoms with Gasteiger partial charge < -0.3 is 33.8 Å². The molecule has 0 heterocycles. The number of hydrogen-bond acceptors (Lipinski definition) is 15. The number of esters is 4. The summed E-state index contributed by atoms with van der Waals surface area (Å²) < 4.78 is 68.3. The molecule has 0 fully saturated rings. The SMILES string of the molecule is CCC(C)CCCCCCCCC(=O)OC[C@H](COP(=O)(O)OCC(O)COP(=O)(O)OC[C@@H](COC(=O)CCCCCCCCC(C)C)OC(=O)CCCCCCCCCCCCCCCCCCC(C)C)OC(=O)CCCCCCCCCCCCCC(C)C. The summed E-state index contributed by atoms with van der Waals surface area (Å²) in [7, 11) is -9.91. The molecule has 19 heteroatoms. The Labute approximate surface area is 562 Å². The molecular weight excluding hydrogens is 1210 g/mol. The molecule has 0 rings (SSSR count). The molecule has 0 aliphatic carbocycles. The highest BCUT2D eigenvalue weighted by Gasteiger charge is 2.30. The van der Waals surface area contributed by atoms with Gasteiger partial charge in [0.1, 0.15) is 19.3 Å². The smallest absolute Gasteiger partial charge is 0.462 e. The van der Waals surface area contributed by atoms with E-state index in [9.17, 15) is 43.2 Å². The summed E-state index contributed by atoms with van der Waals surface area (Å²) in [6.07, 6.45) is 46.0. The molecule has 0 saturated heterocycles. The molecule has 6 atom stereocenters. The topological polar surface area (TPSA) is 237 Å². The summed E-state index contributed by atoms with van der Waals surface area (Å²) in [6.45, 7) is 14.1. The van der Waals surface area contributed by atoms with Crippen molar-refractivity contribution >= 4 is 39.5 Å². The van der Waals surface area contributed by atoms with Crippen molar-refractivity contribution in [3.05, 3.63) is 0 Å². The highest BCUT2D eigenvalue weighted by atomic mass is 31.2. The molecule has 0 aromatic rings. The first-order valence-corrected chi connectivity index (χ1v) is 40.7. The Kier molecular flexibility index (Phi) is 61.3. The highest BCUT2D eigenvalue weighted by Crippen LogP contribution is 2.45. The van der Waals surface area contributed by atoms with E-state index in [4.69, 9.17) is 37.0 Å². The van der Waals surface area contributed by atoms with Gasteiger partial charge in [-0.05, 0) is 49.4 Å². The molecule has 0 radical (unpaired) electrons. The maximum absolute atomic E-state index is 13.0. The summed E-state index contributed by atoms with van der Waals surface area (Å²) in [4.78, 5) is 72.6. The first-order valence-electron chi connectivity index (χ1n) is 37.7. The number of rotatable bonds is 70. The van der Waals surface area contributed by atoms with E-state index in [1.165, 1.54) is 154 Å². The van der Waals surface area contributed by atoms with Gasteiger partial charge in [-0.2, -0.15) is 0 Å². The number of carbonyl (C=O) groups is 4. The molecule has 546 valence electrons. The van der Waals surface area contributed by atoms with Gasteiger partial charge in [-0.1, -0.05) is 312 Å². The Balaban J connectivity index is 5.20. The van der Waals surface area contributed by atoms with Crippen LogP contribution in [0.3, 0.4) is 0 Å². The lowest BCUT2D eigenvalue weighted by Crippen LogP contribution is -2.30. The van der Waals surface area contributed by atoms with Crippen LogP contribution in [0.1, 0.15) is 364 Å². The zero-order valence-corrected chi connectivity index (χ0v) is 62.0. The maximum atomic E-state index is 13.0. The third-order valence-corrected chi connectivity index (χ3v) is 19.1. The van der Waals surface area contributed by atoms with Crippen LogP contribution in [0.2, 0.25) is 0 Å². The summed E-state index contributed by atoms with van der Waals surface area (Å²) >= 11 is 0. The second-order valence-electron chi connectivity index (χ2n) is 28.0. The number of hydrogen-bond donors (Lipinski definition) is 3. The minimum absolute atomic E-state index is 0.105. The van der Waals surface area contributed by atoms with Crippen molar-refractivity contribution in [2.45, 2.75) is 382 Å². The van der Waals surface area contributed by atoms with Gasteiger partial charge in [0.15, 0.2) is 12.2 Å². The number of phosphoric acid groups is 2. The lowest BCUT2D eigenvalue weighted by molar-refractivity contribution is -0.161. The monoisotopic (exact) mass is 1350 g/mol. The average molecular weight is 1350 g/mol. The van der Waals surface area contributed by atoms with Gasteiger partial charge in [-0.3, -0.25) is 37.3 Å². The lowest BCUT2D eigenvalue weighted by Gasteiger charge is -2.21. The minimum atomic E-state index is -4.95. The summed E-state index contributed by atoms with van der Waals surface area (Å²) in [5.41, 5.74) is 0. The molecule has 92 heavy (non-hydrogen) atoms. The van der Waals surface area contributed by atoms with Crippen molar-refractivity contribution in [3.63, 3.8) is 0 Å². The van der Waals surface area contributed by atoms with Crippen LogP contribution >= 0.6 is 15.6 Å². The van der Waals surface area contributed by atoms with Crippen LogP contribution in [0.25, 0.3) is 0 Å². The van der Waals surface area contributed by atoms with Crippen LogP contribution in [0.5, 0.6) is 0 Å². The lowest BCUT2D eigenvalue weighted by atomic mass is 10.00. The predicted octanol–water partition coefficient (Wildman–Crippen LogP) is 20.9. The Morgan fingerprint density at radius 2 is 0.522 bits per heavy atom. The van der Waals surface area contributed by atoms with E-state index in [-0.39, 0.29) is 25.7 Å². The molecule has 0 bridgehead atoms. The Bertz CT molecular complexity index is 1820. The Morgan fingerprint density at radius 1 is 0.304 bits per heavy atom. The van der Waals surface area contributed by atoms with E-state index in [0.717, 1.165) is 120 Å². The Hall–Kier alpha value is -1.94. The van der Waals surface area contributed by atoms with E-state index in [2.05, 4.69) is 55.4 Å². The third-order valence-electron chi connectivity index (χ3n) is 17.2. The largest absolute Gasteiger partial charge is 0.472 e. The van der Waals surface area contributed by atoms with Crippen molar-refractivity contribution in [2.75, 3.05) is 39.6 Å². The molecule has 0 aromatic heterocycles. The fraction of sp³-hybridized carbons (Fsp3) is 0.945. The molecule has 0 aromatic carbocycles. The van der Waals surface area contributed by atoms with Crippen molar-refractivity contribution in [2.24, 2.45) is 23.7 Å². The average Bonchev–Trinajstić information content (AvgIpc) is 3.68. The number of phosphoric ester groups is 2. The summed E-state index contributed by atoms with van der Waals surface area (Å²) in [6, 6.07) is 0. The predicted molar refractivity (Wildman–Crippen MR) is 372 cm³/mol. The highest BCUT2D eigenvalue weighted by molar-refractivity contribution is 7.47. The van der Waals surface area contributed by atoms with Crippen molar-refractivity contribution in [1.29, 1.82) is 0 Å². The zero-order chi connectivity index (χ0) is 68.2. The van der Waals surface area contributed by atoms with Crippen molar-refractivity contribution in [3.8, 4) is 0 Å². The van der Waals surface area contributed by atoms with E-state index in [0.29, 0.717) is 31.6 Å². The van der Waals surface area contributed by atoms with Gasteiger partial charge in [-0.15, -0.1) is 0 Å². The van der Waals surface area contributed by atoms with Crippen LogP contribution in [0.15, 0.2) is 0 Å². The van der Waals surface area contributed by atoms with E-state index >= 15 is 0 Å². The minimum Gasteiger partial charge on any atom is -0.462 e. The Morgan fingerprint density at radius 3 is 0.772 bits per heavy atom. The first kappa shape index (κ1) is 90.1. The summed E-state index contributed by atoms with van der Waals surface area (Å²) in [5, 5.41) is 10.6. The van der Waals surface area contributed by atoms with Crippen molar-refractivity contribution in [1.82, 2.24) is 0 Å². The van der Waals surface area contributed by atoms with E-state index in [1.807, 2.05) is 0 Å². The number of aliphatic hydroxyl groups is 1. The summed E-state index contributed by atoms with van der Waals surface area (Å²) in [5.74, 6) is 0.856. The first-order chi connectivity index (χ1) is 44.1. The number of ether oxygens (including phenoxy) is 4. The number of unbranched alkanes of at least 4 members (excludes halogenated alkanes) is 35. The fourth-order valence-electron chi connectivity index (χ4n) is 11.0. The maximum Gasteiger partial charge on any atom is 0.472 e. The second-order valence-corrected chi connectivity index (χ2v) is 30.9. The molecule has 0 aliphatic heterocycles. The molecule has 17 nitrogen and oxygen atoms in total. The molecule has 3 N–H and O–H groups in total. The van der Waals surface area contributed by atoms with Gasteiger partial charge in [0.25, 0.3) is 0 Å². The molecule has 0 amide bonds. The number of aliphatic hydroxyl groups excluding tert-OH is 1. The van der Waals surface area contributed by atoms with Crippen LogP contribution in [-0.4, -0.2) is 96.7 Å². The number of carbonyl (C=O) groups excluding carboxylic acids is 4. The van der Waals surface area contributed by atoms with Gasteiger partial charge in [0.05, 0.1) is 26.4 Å². The van der Waals surface area contributed by atoms with Crippen LogP contribution in [-0.2, 0) is 65.4 Å². The fourth-order valence-corrected chi connectivity index (χ4v) is 12.6. The normalized spacial score (nSPS) is 14.5. The van der Waals surface area contributed by atoms with Gasteiger partial charge >= 0.3 is 39.5 Å². The van der Waals surface area contributed by atoms with Crippen molar-refractivity contribution < 1.29 is 80.2 Å².